The molecule has 272 valence electrons. The van der Waals surface area contributed by atoms with E-state index >= 15 is 0 Å². The molecule has 53 heavy (non-hydrogen) atoms. The fourth-order valence-electron chi connectivity index (χ4n) is 3.80. The molecule has 16 nitrogen and oxygen atoms in total. The number of hydrogen-bond donors (Lipinski definition) is 0. The van der Waals surface area contributed by atoms with E-state index in [1.165, 1.54) is 101 Å². The largest absolute Gasteiger partial charge is 4.00 e. The third kappa shape index (κ3) is 14.3. The second-order valence-electron chi connectivity index (χ2n) is 9.30. The van der Waals surface area contributed by atoms with Gasteiger partial charge in [-0.15, -0.1) is 0 Å². The van der Waals surface area contributed by atoms with Crippen LogP contribution in [-0.2, 0) is 18.9 Å². The van der Waals surface area contributed by atoms with Crippen molar-refractivity contribution in [2.45, 2.75) is 0 Å². The van der Waals surface area contributed by atoms with Crippen molar-refractivity contribution < 1.29 is 77.7 Å². The summed E-state index contributed by atoms with van der Waals surface area (Å²) in [4.78, 5) is 86.2. The molecule has 0 bridgehead atoms. The third-order valence-electron chi connectivity index (χ3n) is 6.21. The first-order valence-electron chi connectivity index (χ1n) is 14.2. The Bertz CT molecular complexity index is 1660. The van der Waals surface area contributed by atoms with Gasteiger partial charge in [-0.25, -0.2) is 19.2 Å². The van der Waals surface area contributed by atoms with Crippen LogP contribution in [0.15, 0.2) is 97.1 Å². The van der Waals surface area contributed by atoms with E-state index < -0.39 is 47.8 Å². The molecule has 0 heterocycles. The molecular formula is C36H28O16Sn. The summed E-state index contributed by atoms with van der Waals surface area (Å²) in [5.74, 6) is -8.27. The van der Waals surface area contributed by atoms with Crippen LogP contribution in [0, 0.1) is 0 Å². The zero-order valence-electron chi connectivity index (χ0n) is 28.3. The normalized spacial score (nSPS) is 9.13. The summed E-state index contributed by atoms with van der Waals surface area (Å²) in [6.07, 6.45) is 0. The van der Waals surface area contributed by atoms with Gasteiger partial charge in [0.15, 0.2) is 0 Å². The molecule has 0 aliphatic heterocycles. The predicted molar refractivity (Wildman–Crippen MR) is 174 cm³/mol. The molecule has 0 aromatic heterocycles. The monoisotopic (exact) mass is 836 g/mol. The van der Waals surface area contributed by atoms with Crippen LogP contribution in [0.2, 0.25) is 0 Å². The first-order chi connectivity index (χ1) is 24.7. The maximum absolute atomic E-state index is 11.0. The minimum atomic E-state index is -1.39. The van der Waals surface area contributed by atoms with E-state index in [-0.39, 0.29) is 68.4 Å². The number of benzene rings is 4. The number of rotatable bonds is 8. The van der Waals surface area contributed by atoms with Gasteiger partial charge >= 0.3 is 47.8 Å². The average molecular weight is 835 g/mol. The molecule has 0 aliphatic rings. The minimum absolute atomic E-state index is 0. The Hall–Kier alpha value is -6.56. The van der Waals surface area contributed by atoms with Gasteiger partial charge < -0.3 is 58.6 Å². The Labute approximate surface area is 318 Å². The second-order valence-corrected chi connectivity index (χ2v) is 9.30. The van der Waals surface area contributed by atoms with Crippen molar-refractivity contribution in [1.29, 1.82) is 0 Å². The topological polar surface area (TPSA) is 266 Å². The Morgan fingerprint density at radius 3 is 0.566 bits per heavy atom. The van der Waals surface area contributed by atoms with Crippen molar-refractivity contribution in [2.24, 2.45) is 0 Å². The van der Waals surface area contributed by atoms with Crippen LogP contribution in [0.5, 0.6) is 0 Å². The SMILES string of the molecule is COC(=O)c1ccccc1C(=O)[O-].COC(=O)c1ccccc1C(=O)[O-].COC(=O)c1ccccc1C(=O)[O-].COC(=O)c1ccccc1C(=O)[O-].[Sn+4]. The molecule has 0 spiro atoms. The maximum Gasteiger partial charge on any atom is 4.00 e. The van der Waals surface area contributed by atoms with E-state index in [2.05, 4.69) is 18.9 Å². The van der Waals surface area contributed by atoms with Crippen molar-refractivity contribution in [1.82, 2.24) is 0 Å². The van der Waals surface area contributed by atoms with Gasteiger partial charge in [0.1, 0.15) is 0 Å². The molecule has 0 radical (unpaired) electrons. The summed E-state index contributed by atoms with van der Waals surface area (Å²) in [5, 5.41) is 42.1. The molecule has 0 fully saturated rings. The number of carbonyl (C=O) groups is 8. The summed E-state index contributed by atoms with van der Waals surface area (Å²) in [6.45, 7) is 0. The number of methoxy groups -OCH3 is 4. The predicted octanol–water partition coefficient (Wildman–Crippen LogP) is -1.03. The van der Waals surface area contributed by atoms with Crippen LogP contribution in [0.3, 0.4) is 0 Å². The Balaban J connectivity index is 0.000000676. The number of ether oxygens (including phenoxy) is 4. The van der Waals surface area contributed by atoms with E-state index in [9.17, 15) is 58.8 Å². The molecule has 0 saturated heterocycles. The van der Waals surface area contributed by atoms with Gasteiger partial charge in [0.25, 0.3) is 0 Å². The van der Waals surface area contributed by atoms with Gasteiger partial charge in [-0.05, 0) is 24.3 Å². The molecule has 4 aromatic carbocycles. The van der Waals surface area contributed by atoms with Crippen LogP contribution in [-0.4, -0.2) is 100 Å². The van der Waals surface area contributed by atoms with Gasteiger partial charge in [0, 0.05) is 22.3 Å². The van der Waals surface area contributed by atoms with Crippen LogP contribution in [0.4, 0.5) is 0 Å². The number of carboxylic acid groups (broad SMARTS) is 4. The molecule has 0 unspecified atom stereocenters. The average Bonchev–Trinajstić information content (AvgIpc) is 3.17. The molecule has 0 aliphatic carbocycles. The standard InChI is InChI=1S/4C9H8O4.Sn/c4*1-13-9(12)7-5-3-2-4-6(7)8(10)11;/h4*2-5H,1H3,(H,10,11);/q;;;;+4/p-4. The molecule has 17 heteroatoms. The van der Waals surface area contributed by atoms with Crippen LogP contribution >= 0.6 is 0 Å². The quantitative estimate of drug-likeness (QED) is 0.117. The fourth-order valence-corrected chi connectivity index (χ4v) is 3.80. The minimum Gasteiger partial charge on any atom is -0.545 e. The van der Waals surface area contributed by atoms with E-state index in [1.54, 1.807) is 24.3 Å². The fraction of sp³-hybridized carbons (Fsp3) is 0.111. The first kappa shape index (κ1) is 46.4. The van der Waals surface area contributed by atoms with Gasteiger partial charge in [0.05, 0.1) is 74.6 Å². The Kier molecular flexibility index (Phi) is 20.8. The molecule has 4 rings (SSSR count). The summed E-state index contributed by atoms with van der Waals surface area (Å²) in [6, 6.07) is 22.9. The third-order valence-corrected chi connectivity index (χ3v) is 6.21. The van der Waals surface area contributed by atoms with E-state index in [4.69, 9.17) is 0 Å². The van der Waals surface area contributed by atoms with E-state index in [0.717, 1.165) is 0 Å². The number of aromatic carboxylic acids is 4. The zero-order valence-corrected chi connectivity index (χ0v) is 31.1. The van der Waals surface area contributed by atoms with E-state index in [0.29, 0.717) is 0 Å². The first-order valence-corrected chi connectivity index (χ1v) is 14.2. The number of carboxylic acids is 4. The van der Waals surface area contributed by atoms with Crippen LogP contribution in [0.25, 0.3) is 0 Å². The summed E-state index contributed by atoms with van der Waals surface area (Å²) in [7, 11) is 4.76. The number of carbonyl (C=O) groups excluding carboxylic acids is 8. The number of hydrogen-bond acceptors (Lipinski definition) is 16. The van der Waals surface area contributed by atoms with Crippen molar-refractivity contribution in [3.05, 3.63) is 142 Å². The van der Waals surface area contributed by atoms with Gasteiger partial charge in [-0.2, -0.15) is 0 Å². The van der Waals surface area contributed by atoms with Gasteiger partial charge in [-0.3, -0.25) is 0 Å². The summed E-state index contributed by atoms with van der Waals surface area (Å²) >= 11 is 0. The molecule has 0 atom stereocenters. The van der Waals surface area contributed by atoms with Gasteiger partial charge in [0.2, 0.25) is 0 Å². The van der Waals surface area contributed by atoms with E-state index in [1.807, 2.05) is 0 Å². The molecule has 4 aromatic rings. The van der Waals surface area contributed by atoms with Gasteiger partial charge in [-0.1, -0.05) is 72.8 Å². The molecule has 0 amide bonds. The summed E-state index contributed by atoms with van der Waals surface area (Å²) < 4.78 is 17.6. The van der Waals surface area contributed by atoms with Crippen molar-refractivity contribution >= 4 is 71.7 Å². The zero-order chi connectivity index (χ0) is 39.4. The van der Waals surface area contributed by atoms with Crippen molar-refractivity contribution in [2.75, 3.05) is 28.4 Å². The maximum atomic E-state index is 11.0. The Morgan fingerprint density at radius 2 is 0.453 bits per heavy atom. The number of esters is 4. The second kappa shape index (κ2) is 23.8. The van der Waals surface area contributed by atoms with Crippen molar-refractivity contribution in [3.63, 3.8) is 0 Å². The van der Waals surface area contributed by atoms with Crippen molar-refractivity contribution in [3.8, 4) is 0 Å². The van der Waals surface area contributed by atoms with Crippen LogP contribution in [0.1, 0.15) is 82.9 Å². The molecule has 0 saturated carbocycles. The Morgan fingerprint density at radius 1 is 0.321 bits per heavy atom. The summed E-state index contributed by atoms with van der Waals surface area (Å²) in [5.41, 5.74) is -0.614. The smallest absolute Gasteiger partial charge is 0.545 e. The molecule has 0 N–H and O–H groups in total. The molecular weight excluding hydrogens is 807 g/mol. The van der Waals surface area contributed by atoms with Crippen LogP contribution < -0.4 is 20.4 Å².